The Bertz CT molecular complexity index is 459. The van der Waals surface area contributed by atoms with E-state index in [1.165, 1.54) is 0 Å². The number of hydrogen-bond donors (Lipinski definition) is 1. The molecule has 2 heterocycles. The maximum atomic E-state index is 6.01. The molecule has 0 spiro atoms. The van der Waals surface area contributed by atoms with Gasteiger partial charge in [0.1, 0.15) is 6.61 Å². The normalized spacial score (nSPS) is 10.4. The van der Waals surface area contributed by atoms with Crippen LogP contribution in [-0.4, -0.2) is 18.1 Å². The van der Waals surface area contributed by atoms with E-state index in [2.05, 4.69) is 4.98 Å². The largest absolute Gasteiger partial charge is 0.489 e. The summed E-state index contributed by atoms with van der Waals surface area (Å²) < 4.78 is 5.34. The first kappa shape index (κ1) is 11.4. The molecule has 0 aliphatic carbocycles. The summed E-state index contributed by atoms with van der Waals surface area (Å²) in [5.41, 5.74) is 6.21. The third-order valence-electron chi connectivity index (χ3n) is 1.96. The zero-order valence-corrected chi connectivity index (χ0v) is 10.1. The van der Waals surface area contributed by atoms with Crippen LogP contribution in [0.5, 0.6) is 5.75 Å². The number of thiophene rings is 1. The van der Waals surface area contributed by atoms with Crippen molar-refractivity contribution in [3.8, 4) is 16.3 Å². The number of hydrogen-bond acceptors (Lipinski definition) is 4. The van der Waals surface area contributed by atoms with Gasteiger partial charge in [-0.05, 0) is 23.6 Å². The van der Waals surface area contributed by atoms with Crippen molar-refractivity contribution < 1.29 is 4.74 Å². The molecule has 2 rings (SSSR count). The maximum absolute atomic E-state index is 6.01. The van der Waals surface area contributed by atoms with Gasteiger partial charge in [-0.15, -0.1) is 11.3 Å². The van der Waals surface area contributed by atoms with Crippen molar-refractivity contribution in [3.05, 3.63) is 34.8 Å². The Morgan fingerprint density at radius 3 is 2.88 bits per heavy atom. The van der Waals surface area contributed by atoms with Crippen LogP contribution in [0.4, 0.5) is 0 Å². The molecule has 0 aliphatic rings. The Morgan fingerprint density at radius 1 is 1.38 bits per heavy atom. The van der Waals surface area contributed by atoms with Crippen LogP contribution in [0.25, 0.3) is 10.6 Å². The van der Waals surface area contributed by atoms with Gasteiger partial charge in [0.15, 0.2) is 10.9 Å². The van der Waals surface area contributed by atoms with Crippen molar-refractivity contribution in [1.29, 1.82) is 0 Å². The Kier molecular flexibility index (Phi) is 3.77. The second kappa shape index (κ2) is 5.30. The van der Waals surface area contributed by atoms with Gasteiger partial charge in [0, 0.05) is 6.54 Å². The molecule has 0 fully saturated rings. The molecule has 3 nitrogen and oxygen atoms in total. The van der Waals surface area contributed by atoms with Gasteiger partial charge in [0.2, 0.25) is 0 Å². The molecular formula is C11H11ClN2OS. The van der Waals surface area contributed by atoms with Crippen molar-refractivity contribution in [3.63, 3.8) is 0 Å². The number of aromatic nitrogens is 1. The van der Waals surface area contributed by atoms with Crippen LogP contribution in [0.3, 0.4) is 0 Å². The third-order valence-corrected chi connectivity index (χ3v) is 3.13. The molecule has 0 saturated carbocycles. The van der Waals surface area contributed by atoms with Gasteiger partial charge in [0.05, 0.1) is 10.6 Å². The highest BCUT2D eigenvalue weighted by molar-refractivity contribution is 7.13. The highest BCUT2D eigenvalue weighted by Gasteiger charge is 2.06. The zero-order valence-electron chi connectivity index (χ0n) is 8.52. The minimum absolute atomic E-state index is 0.374. The lowest BCUT2D eigenvalue weighted by molar-refractivity contribution is 0.327. The van der Waals surface area contributed by atoms with Crippen LogP contribution >= 0.6 is 22.9 Å². The van der Waals surface area contributed by atoms with Gasteiger partial charge in [0.25, 0.3) is 0 Å². The van der Waals surface area contributed by atoms with Crippen molar-refractivity contribution in [1.82, 2.24) is 4.98 Å². The summed E-state index contributed by atoms with van der Waals surface area (Å²) in [7, 11) is 0. The number of rotatable bonds is 4. The fraction of sp³-hybridized carbons (Fsp3) is 0.182. The average Bonchev–Trinajstić information content (AvgIpc) is 2.81. The highest BCUT2D eigenvalue weighted by Crippen LogP contribution is 2.28. The fourth-order valence-electron chi connectivity index (χ4n) is 1.26. The smallest absolute Gasteiger partial charge is 0.171 e. The van der Waals surface area contributed by atoms with Crippen LogP contribution in [0.1, 0.15) is 0 Å². The summed E-state index contributed by atoms with van der Waals surface area (Å²) in [4.78, 5) is 5.37. The van der Waals surface area contributed by atoms with Crippen molar-refractivity contribution in [2.45, 2.75) is 0 Å². The SMILES string of the molecule is NCCOc1ccc(-c2cccs2)nc1Cl. The van der Waals surface area contributed by atoms with Crippen LogP contribution in [0.15, 0.2) is 29.6 Å². The lowest BCUT2D eigenvalue weighted by Crippen LogP contribution is -2.10. The standard InChI is InChI=1S/C11H11ClN2OS/c12-11-9(15-6-5-13)4-3-8(14-11)10-2-1-7-16-10/h1-4,7H,5-6,13H2. The molecule has 0 bridgehead atoms. The number of ether oxygens (including phenoxy) is 1. The molecule has 0 amide bonds. The van der Waals surface area contributed by atoms with Crippen molar-refractivity contribution in [2.24, 2.45) is 5.73 Å². The Labute approximate surface area is 103 Å². The van der Waals surface area contributed by atoms with Gasteiger partial charge in [-0.2, -0.15) is 0 Å². The summed E-state index contributed by atoms with van der Waals surface area (Å²) in [6, 6.07) is 7.70. The quantitative estimate of drug-likeness (QED) is 0.854. The Morgan fingerprint density at radius 2 is 2.25 bits per heavy atom. The van der Waals surface area contributed by atoms with E-state index in [9.17, 15) is 0 Å². The molecular weight excluding hydrogens is 244 g/mol. The summed E-state index contributed by atoms with van der Waals surface area (Å²) in [5, 5.41) is 2.38. The fourth-order valence-corrected chi connectivity index (χ4v) is 2.16. The van der Waals surface area contributed by atoms with E-state index < -0.39 is 0 Å². The summed E-state index contributed by atoms with van der Waals surface area (Å²) in [6.07, 6.45) is 0. The second-order valence-corrected chi connectivity index (χ2v) is 4.41. The molecule has 0 aromatic carbocycles. The first-order valence-corrected chi connectivity index (χ1v) is 6.10. The molecule has 2 aromatic heterocycles. The number of nitrogens with zero attached hydrogens (tertiary/aromatic N) is 1. The highest BCUT2D eigenvalue weighted by atomic mass is 35.5. The Hall–Kier alpha value is -1.10. The van der Waals surface area contributed by atoms with Crippen molar-refractivity contribution >= 4 is 22.9 Å². The molecule has 16 heavy (non-hydrogen) atoms. The molecule has 0 saturated heterocycles. The van der Waals surface area contributed by atoms with E-state index in [1.54, 1.807) is 11.3 Å². The van der Waals surface area contributed by atoms with E-state index in [-0.39, 0.29) is 0 Å². The number of nitrogens with two attached hydrogens (primary N) is 1. The van der Waals surface area contributed by atoms with E-state index in [0.717, 1.165) is 10.6 Å². The second-order valence-electron chi connectivity index (χ2n) is 3.10. The summed E-state index contributed by atoms with van der Waals surface area (Å²) in [6.45, 7) is 0.906. The minimum atomic E-state index is 0.374. The van der Waals surface area contributed by atoms with Gasteiger partial charge in [-0.1, -0.05) is 17.7 Å². The van der Waals surface area contributed by atoms with Gasteiger partial charge >= 0.3 is 0 Å². The first-order chi connectivity index (χ1) is 7.81. The first-order valence-electron chi connectivity index (χ1n) is 4.84. The number of halogens is 1. The van der Waals surface area contributed by atoms with Gasteiger partial charge in [-0.3, -0.25) is 0 Å². The van der Waals surface area contributed by atoms with Crippen LogP contribution < -0.4 is 10.5 Å². The van der Waals surface area contributed by atoms with Gasteiger partial charge in [-0.25, -0.2) is 4.98 Å². The van der Waals surface area contributed by atoms with Crippen LogP contribution in [-0.2, 0) is 0 Å². The lowest BCUT2D eigenvalue weighted by atomic mass is 10.3. The monoisotopic (exact) mass is 254 g/mol. The predicted octanol–water partition coefficient (Wildman–Crippen LogP) is 2.80. The molecule has 0 radical (unpaired) electrons. The molecule has 0 aliphatic heterocycles. The molecule has 5 heteroatoms. The molecule has 2 aromatic rings. The summed E-state index contributed by atoms with van der Waals surface area (Å²) >= 11 is 7.64. The van der Waals surface area contributed by atoms with Crippen molar-refractivity contribution in [2.75, 3.05) is 13.2 Å². The van der Waals surface area contributed by atoms with E-state index in [0.29, 0.717) is 24.1 Å². The topological polar surface area (TPSA) is 48.1 Å². The molecule has 84 valence electrons. The molecule has 0 atom stereocenters. The van der Waals surface area contributed by atoms with E-state index in [1.807, 2.05) is 29.6 Å². The maximum Gasteiger partial charge on any atom is 0.171 e. The average molecular weight is 255 g/mol. The third kappa shape index (κ3) is 2.52. The van der Waals surface area contributed by atoms with E-state index in [4.69, 9.17) is 22.1 Å². The summed E-state index contributed by atoms with van der Waals surface area (Å²) in [5.74, 6) is 0.576. The minimum Gasteiger partial charge on any atom is -0.489 e. The Balaban J connectivity index is 2.23. The van der Waals surface area contributed by atoms with Gasteiger partial charge < -0.3 is 10.5 Å². The number of pyridine rings is 1. The lowest BCUT2D eigenvalue weighted by Gasteiger charge is -2.06. The van der Waals surface area contributed by atoms with Crippen LogP contribution in [0.2, 0.25) is 5.15 Å². The molecule has 0 unspecified atom stereocenters. The van der Waals surface area contributed by atoms with Crippen LogP contribution in [0, 0.1) is 0 Å². The van der Waals surface area contributed by atoms with E-state index >= 15 is 0 Å². The predicted molar refractivity (Wildman–Crippen MR) is 67.1 cm³/mol. The molecule has 2 N–H and O–H groups in total. The zero-order chi connectivity index (χ0) is 11.4.